The van der Waals surface area contributed by atoms with Crippen LogP contribution in [0.25, 0.3) is 0 Å². The monoisotopic (exact) mass is 501 g/mol. The third-order valence-electron chi connectivity index (χ3n) is 3.07. The summed E-state index contributed by atoms with van der Waals surface area (Å²) in [5.41, 5.74) is 3.26. The Morgan fingerprint density at radius 2 is 2.05 bits per heavy atom. The zero-order valence-corrected chi connectivity index (χ0v) is 17.4. The second-order valence-corrected chi connectivity index (χ2v) is 5.72. The molecule has 1 N–H and O–H groups in total. The standard InChI is InChI=1S/C14H22BNOS.U/c1-10-8-12(9-16-5)6-7-13(10)15-17-14(3,4)11(2)18;/h6-8,16,18H,9H2,1-5H3;/q-1;. The number of benzene rings is 1. The Bertz CT molecular complexity index is 399. The SMILES string of the molecule is CNCc1ccc([B]OC(C)(C)[C-](C)S)c(C)c1.[U]. The van der Waals surface area contributed by atoms with Crippen LogP contribution < -0.4 is 10.8 Å². The van der Waals surface area contributed by atoms with E-state index in [-0.39, 0.29) is 36.7 Å². The summed E-state index contributed by atoms with van der Waals surface area (Å²) in [6, 6.07) is 6.38. The first-order chi connectivity index (χ1) is 8.36. The van der Waals surface area contributed by atoms with Gasteiger partial charge in [0.25, 0.3) is 0 Å². The molecule has 1 rings (SSSR count). The van der Waals surface area contributed by atoms with Gasteiger partial charge in [-0.25, -0.2) is 5.25 Å². The minimum Gasteiger partial charge on any atom is -0.459 e. The molecule has 103 valence electrons. The van der Waals surface area contributed by atoms with E-state index in [1.165, 1.54) is 11.1 Å². The van der Waals surface area contributed by atoms with Crippen LogP contribution in [0.5, 0.6) is 0 Å². The van der Waals surface area contributed by atoms with E-state index in [1.807, 2.05) is 35.3 Å². The molecular weight excluding hydrogens is 479 g/mol. The van der Waals surface area contributed by atoms with E-state index in [0.717, 1.165) is 17.3 Å². The smallest absolute Gasteiger partial charge is 0.327 e. The Morgan fingerprint density at radius 1 is 1.42 bits per heavy atom. The molecule has 19 heavy (non-hydrogen) atoms. The molecule has 1 aromatic carbocycles. The van der Waals surface area contributed by atoms with Crippen molar-refractivity contribution in [1.29, 1.82) is 0 Å². The van der Waals surface area contributed by atoms with Crippen LogP contribution in [-0.2, 0) is 11.2 Å². The minimum absolute atomic E-state index is 0. The number of rotatable bonds is 6. The van der Waals surface area contributed by atoms with Crippen molar-refractivity contribution in [3.63, 3.8) is 0 Å². The van der Waals surface area contributed by atoms with Crippen molar-refractivity contribution in [3.8, 4) is 0 Å². The Balaban J connectivity index is 0.00000324. The van der Waals surface area contributed by atoms with Gasteiger partial charge >= 0.3 is 7.48 Å². The number of hydrogen-bond donors (Lipinski definition) is 2. The van der Waals surface area contributed by atoms with E-state index in [1.54, 1.807) is 0 Å². The summed E-state index contributed by atoms with van der Waals surface area (Å²) in [5.74, 6) is 0. The van der Waals surface area contributed by atoms with Crippen molar-refractivity contribution in [3.05, 3.63) is 34.6 Å². The summed E-state index contributed by atoms with van der Waals surface area (Å²) in [7, 11) is 3.77. The first kappa shape index (κ1) is 19.6. The zero-order chi connectivity index (χ0) is 13.8. The predicted molar refractivity (Wildman–Crippen MR) is 82.4 cm³/mol. The van der Waals surface area contributed by atoms with Crippen LogP contribution in [0.4, 0.5) is 0 Å². The Hall–Kier alpha value is 0.607. The van der Waals surface area contributed by atoms with E-state index in [4.69, 9.17) is 4.65 Å². The molecule has 5 heteroatoms. The Kier molecular flexibility index (Phi) is 9.08. The van der Waals surface area contributed by atoms with Gasteiger partial charge in [-0.05, 0) is 19.5 Å². The molecule has 0 saturated carbocycles. The first-order valence-corrected chi connectivity index (χ1v) is 6.59. The van der Waals surface area contributed by atoms with Crippen molar-refractivity contribution >= 4 is 25.6 Å². The second-order valence-electron chi connectivity index (χ2n) is 5.05. The maximum Gasteiger partial charge on any atom is 0.327 e. The summed E-state index contributed by atoms with van der Waals surface area (Å²) in [6.07, 6.45) is 0. The molecule has 0 aromatic heterocycles. The van der Waals surface area contributed by atoms with Crippen LogP contribution in [0.2, 0.25) is 0 Å². The molecule has 2 nitrogen and oxygen atoms in total. The fraction of sp³-hybridized carbons (Fsp3) is 0.500. The van der Waals surface area contributed by atoms with Gasteiger partial charge in [-0.1, -0.05) is 48.7 Å². The maximum atomic E-state index is 5.80. The van der Waals surface area contributed by atoms with Crippen LogP contribution in [0.3, 0.4) is 0 Å². The van der Waals surface area contributed by atoms with Gasteiger partial charge in [0, 0.05) is 37.7 Å². The molecule has 0 bridgehead atoms. The molecule has 0 spiro atoms. The largest absolute Gasteiger partial charge is 0.459 e. The van der Waals surface area contributed by atoms with Crippen molar-refractivity contribution in [2.75, 3.05) is 7.05 Å². The van der Waals surface area contributed by atoms with E-state index in [0.29, 0.717) is 0 Å². The maximum absolute atomic E-state index is 5.80. The number of nitrogens with one attached hydrogen (secondary N) is 1. The molecule has 1 aromatic rings. The summed E-state index contributed by atoms with van der Waals surface area (Å²) in [5, 5.41) is 4.11. The van der Waals surface area contributed by atoms with Crippen LogP contribution in [-0.4, -0.2) is 20.1 Å². The van der Waals surface area contributed by atoms with Crippen molar-refractivity contribution in [2.24, 2.45) is 0 Å². The van der Waals surface area contributed by atoms with E-state index in [9.17, 15) is 0 Å². The van der Waals surface area contributed by atoms with Crippen LogP contribution in [0.15, 0.2) is 18.2 Å². The molecule has 0 aliphatic carbocycles. The number of hydrogen-bond acceptors (Lipinski definition) is 3. The normalized spacial score (nSPS) is 11.3. The molecule has 0 heterocycles. The summed E-state index contributed by atoms with van der Waals surface area (Å²) >= 11 is 4.36. The van der Waals surface area contributed by atoms with Gasteiger partial charge in [0.1, 0.15) is 0 Å². The fourth-order valence-corrected chi connectivity index (χ4v) is 1.53. The van der Waals surface area contributed by atoms with Gasteiger partial charge in [0.15, 0.2) is 0 Å². The quantitative estimate of drug-likeness (QED) is 0.355. The van der Waals surface area contributed by atoms with Crippen LogP contribution >= 0.6 is 12.6 Å². The minimum atomic E-state index is -0.348. The molecule has 0 saturated heterocycles. The van der Waals surface area contributed by atoms with E-state index >= 15 is 0 Å². The number of aryl methyl sites for hydroxylation is 1. The predicted octanol–water partition coefficient (Wildman–Crippen LogP) is 2.24. The van der Waals surface area contributed by atoms with Gasteiger partial charge < -0.3 is 22.6 Å². The van der Waals surface area contributed by atoms with Crippen molar-refractivity contribution in [2.45, 2.75) is 39.8 Å². The second kappa shape index (κ2) is 8.80. The van der Waals surface area contributed by atoms with Crippen molar-refractivity contribution < 1.29 is 35.8 Å². The molecule has 0 aliphatic heterocycles. The van der Waals surface area contributed by atoms with Gasteiger partial charge in [0.2, 0.25) is 0 Å². The first-order valence-electron chi connectivity index (χ1n) is 6.15. The van der Waals surface area contributed by atoms with Gasteiger partial charge in [-0.3, -0.25) is 0 Å². The summed E-state index contributed by atoms with van der Waals surface area (Å²) < 4.78 is 5.80. The van der Waals surface area contributed by atoms with Crippen LogP contribution in [0.1, 0.15) is 31.9 Å². The van der Waals surface area contributed by atoms with E-state index in [2.05, 4.69) is 43.1 Å². The summed E-state index contributed by atoms with van der Waals surface area (Å²) in [4.78, 5) is 0. The Morgan fingerprint density at radius 3 is 2.53 bits per heavy atom. The molecule has 1 radical (unpaired) electrons. The molecule has 0 fully saturated rings. The van der Waals surface area contributed by atoms with Gasteiger partial charge in [-0.2, -0.15) is 6.92 Å². The fourth-order valence-electron chi connectivity index (χ4n) is 1.48. The Labute approximate surface area is 147 Å². The molecule has 0 unspecified atom stereocenters. The average molecular weight is 501 g/mol. The molecule has 0 atom stereocenters. The third kappa shape index (κ3) is 6.27. The van der Waals surface area contributed by atoms with Crippen LogP contribution in [0, 0.1) is 43.3 Å². The average Bonchev–Trinajstić information content (AvgIpc) is 2.28. The molecule has 0 aliphatic rings. The third-order valence-corrected chi connectivity index (χ3v) is 3.61. The number of thiol groups is 1. The summed E-state index contributed by atoms with van der Waals surface area (Å²) in [6.45, 7) is 8.96. The van der Waals surface area contributed by atoms with Crippen molar-refractivity contribution in [1.82, 2.24) is 5.32 Å². The van der Waals surface area contributed by atoms with Gasteiger partial charge in [0.05, 0.1) is 0 Å². The molecule has 0 amide bonds. The zero-order valence-electron chi connectivity index (χ0n) is 12.4. The van der Waals surface area contributed by atoms with Gasteiger partial charge in [-0.15, -0.1) is 0 Å². The van der Waals surface area contributed by atoms with E-state index < -0.39 is 0 Å². The molecular formula is C14H22BNOSU-. The topological polar surface area (TPSA) is 21.3 Å².